The Hall–Kier alpha value is -2.11. The van der Waals surface area contributed by atoms with Crippen LogP contribution in [0, 0.1) is 5.82 Å². The third kappa shape index (κ3) is 8.01. The van der Waals surface area contributed by atoms with Crippen LogP contribution in [-0.4, -0.2) is 64.9 Å². The summed E-state index contributed by atoms with van der Waals surface area (Å²) in [5.41, 5.74) is 2.07. The van der Waals surface area contributed by atoms with Crippen molar-refractivity contribution < 1.29 is 18.6 Å². The molecule has 2 unspecified atom stereocenters. The van der Waals surface area contributed by atoms with Crippen molar-refractivity contribution >= 4 is 29.9 Å². The van der Waals surface area contributed by atoms with Crippen molar-refractivity contribution in [2.75, 3.05) is 48.0 Å². The molecule has 1 fully saturated rings. The summed E-state index contributed by atoms with van der Waals surface area (Å²) < 4.78 is 29.5. The van der Waals surface area contributed by atoms with Crippen molar-refractivity contribution in [2.45, 2.75) is 25.1 Å². The van der Waals surface area contributed by atoms with Crippen LogP contribution in [-0.2, 0) is 11.3 Å². The largest absolute Gasteiger partial charge is 0.497 e. The molecular weight excluding hydrogens is 538 g/mol. The van der Waals surface area contributed by atoms with Gasteiger partial charge in [-0.15, -0.1) is 24.0 Å². The molecule has 1 aliphatic heterocycles. The van der Waals surface area contributed by atoms with Gasteiger partial charge in [0, 0.05) is 52.4 Å². The van der Waals surface area contributed by atoms with Gasteiger partial charge in [-0.25, -0.2) is 4.39 Å². The second-order valence-corrected chi connectivity index (χ2v) is 7.81. The molecular formula is C24H34FIN4O3. The van der Waals surface area contributed by atoms with Crippen molar-refractivity contribution in [1.82, 2.24) is 15.5 Å². The Labute approximate surface area is 212 Å². The number of halogens is 2. The number of methoxy groups -OCH3 is 3. The minimum absolute atomic E-state index is 0. The number of aliphatic imine (C=N–C) groups is 1. The average Bonchev–Trinajstić information content (AvgIpc) is 3.25. The third-order valence-electron chi connectivity index (χ3n) is 5.64. The molecule has 0 aliphatic carbocycles. The zero-order chi connectivity index (χ0) is 22.9. The van der Waals surface area contributed by atoms with Gasteiger partial charge in [0.1, 0.15) is 17.3 Å². The van der Waals surface area contributed by atoms with Crippen molar-refractivity contribution in [2.24, 2.45) is 4.99 Å². The van der Waals surface area contributed by atoms with Crippen molar-refractivity contribution in [3.63, 3.8) is 0 Å². The number of likely N-dealkylation sites (tertiary alicyclic amines) is 1. The second-order valence-electron chi connectivity index (χ2n) is 7.81. The quantitative estimate of drug-likeness (QED) is 0.272. The van der Waals surface area contributed by atoms with E-state index in [-0.39, 0.29) is 35.9 Å². The summed E-state index contributed by atoms with van der Waals surface area (Å²) in [6, 6.07) is 12.6. The topological polar surface area (TPSA) is 67.4 Å². The van der Waals surface area contributed by atoms with Gasteiger partial charge in [-0.2, -0.15) is 0 Å². The van der Waals surface area contributed by atoms with Gasteiger partial charge < -0.3 is 24.8 Å². The summed E-state index contributed by atoms with van der Waals surface area (Å²) in [6.45, 7) is 3.26. The van der Waals surface area contributed by atoms with Crippen LogP contribution in [0.5, 0.6) is 11.5 Å². The van der Waals surface area contributed by atoms with Crippen LogP contribution >= 0.6 is 24.0 Å². The first-order valence-electron chi connectivity index (χ1n) is 10.7. The molecule has 1 saturated heterocycles. The molecule has 0 radical (unpaired) electrons. The van der Waals surface area contributed by atoms with Crippen LogP contribution in [0.25, 0.3) is 0 Å². The molecule has 0 bridgehead atoms. The van der Waals surface area contributed by atoms with E-state index in [9.17, 15) is 4.39 Å². The Balaban J connectivity index is 0.00000385. The van der Waals surface area contributed by atoms with Crippen LogP contribution in [0.4, 0.5) is 4.39 Å². The number of nitrogens with zero attached hydrogens (tertiary/aromatic N) is 2. The standard InChI is InChI=1S/C24H33FN4O3.HI/c1-26-24(27-14-23(32-4)18-5-7-19(25)8-6-18)28-20-9-10-29(16-20)15-17-11-21(30-2)13-22(12-17)31-3;/h5-8,11-13,20,23H,9-10,14-16H2,1-4H3,(H2,26,27,28);1H. The first-order chi connectivity index (χ1) is 15.5. The van der Waals surface area contributed by atoms with Gasteiger partial charge in [-0.3, -0.25) is 9.89 Å². The Bertz CT molecular complexity index is 876. The summed E-state index contributed by atoms with van der Waals surface area (Å²) in [5.74, 6) is 2.06. The molecule has 0 aromatic heterocycles. The Morgan fingerprint density at radius 2 is 1.79 bits per heavy atom. The van der Waals surface area contributed by atoms with Crippen molar-refractivity contribution in [3.05, 3.63) is 59.4 Å². The number of nitrogens with one attached hydrogen (secondary N) is 2. The molecule has 2 aromatic carbocycles. The fourth-order valence-corrected chi connectivity index (χ4v) is 3.90. The van der Waals surface area contributed by atoms with Crippen LogP contribution in [0.1, 0.15) is 23.7 Å². The lowest BCUT2D eigenvalue weighted by Crippen LogP contribution is -2.45. The highest BCUT2D eigenvalue weighted by Crippen LogP contribution is 2.24. The van der Waals surface area contributed by atoms with E-state index in [0.717, 1.165) is 54.6 Å². The number of benzene rings is 2. The molecule has 7 nitrogen and oxygen atoms in total. The van der Waals surface area contributed by atoms with Gasteiger partial charge in [0.25, 0.3) is 0 Å². The highest BCUT2D eigenvalue weighted by atomic mass is 127. The Morgan fingerprint density at radius 3 is 2.36 bits per heavy atom. The summed E-state index contributed by atoms with van der Waals surface area (Å²) in [5, 5.41) is 6.82. The maximum Gasteiger partial charge on any atom is 0.191 e. The summed E-state index contributed by atoms with van der Waals surface area (Å²) in [6.07, 6.45) is 0.824. The minimum atomic E-state index is -0.257. The van der Waals surface area contributed by atoms with E-state index in [1.165, 1.54) is 12.1 Å². The molecule has 9 heteroatoms. The fourth-order valence-electron chi connectivity index (χ4n) is 3.90. The SMILES string of the molecule is CN=C(NCC(OC)c1ccc(F)cc1)NC1CCN(Cc2cc(OC)cc(OC)c2)C1.I. The maximum absolute atomic E-state index is 13.2. The molecule has 182 valence electrons. The normalized spacial score (nSPS) is 17.2. The molecule has 0 spiro atoms. The van der Waals surface area contributed by atoms with E-state index in [2.05, 4.69) is 20.5 Å². The molecule has 0 amide bonds. The zero-order valence-electron chi connectivity index (χ0n) is 19.6. The number of hydrogen-bond acceptors (Lipinski definition) is 5. The first kappa shape index (κ1) is 27.1. The monoisotopic (exact) mass is 572 g/mol. The van der Waals surface area contributed by atoms with Crippen LogP contribution in [0.2, 0.25) is 0 Å². The minimum Gasteiger partial charge on any atom is -0.497 e. The highest BCUT2D eigenvalue weighted by Gasteiger charge is 2.24. The van der Waals surface area contributed by atoms with Gasteiger partial charge >= 0.3 is 0 Å². The molecule has 2 aromatic rings. The lowest BCUT2D eigenvalue weighted by Gasteiger charge is -2.21. The summed E-state index contributed by atoms with van der Waals surface area (Å²) in [4.78, 5) is 6.75. The van der Waals surface area contributed by atoms with E-state index in [1.54, 1.807) is 40.5 Å². The van der Waals surface area contributed by atoms with Gasteiger partial charge in [0.2, 0.25) is 0 Å². The maximum atomic E-state index is 13.2. The predicted molar refractivity (Wildman–Crippen MR) is 139 cm³/mol. The fraction of sp³-hybridized carbons (Fsp3) is 0.458. The third-order valence-corrected chi connectivity index (χ3v) is 5.64. The Morgan fingerprint density at radius 1 is 1.12 bits per heavy atom. The summed E-state index contributed by atoms with van der Waals surface area (Å²) >= 11 is 0. The van der Waals surface area contributed by atoms with E-state index in [1.807, 2.05) is 18.2 Å². The van der Waals surface area contributed by atoms with Crippen molar-refractivity contribution in [3.8, 4) is 11.5 Å². The number of rotatable bonds is 9. The van der Waals surface area contributed by atoms with Gasteiger partial charge in [0.15, 0.2) is 5.96 Å². The van der Waals surface area contributed by atoms with Gasteiger partial charge in [-0.05, 0) is 41.8 Å². The smallest absolute Gasteiger partial charge is 0.191 e. The molecule has 2 atom stereocenters. The molecule has 0 saturated carbocycles. The predicted octanol–water partition coefficient (Wildman–Crippen LogP) is 3.59. The lowest BCUT2D eigenvalue weighted by atomic mass is 10.1. The molecule has 2 N–H and O–H groups in total. The number of hydrogen-bond donors (Lipinski definition) is 2. The zero-order valence-corrected chi connectivity index (χ0v) is 22.0. The van der Waals surface area contributed by atoms with Crippen LogP contribution < -0.4 is 20.1 Å². The second kappa shape index (κ2) is 13.6. The summed E-state index contributed by atoms with van der Waals surface area (Å²) in [7, 11) is 6.73. The molecule has 1 heterocycles. The lowest BCUT2D eigenvalue weighted by molar-refractivity contribution is 0.106. The first-order valence-corrected chi connectivity index (χ1v) is 10.7. The van der Waals surface area contributed by atoms with E-state index in [0.29, 0.717) is 12.6 Å². The van der Waals surface area contributed by atoms with E-state index in [4.69, 9.17) is 14.2 Å². The Kier molecular flexibility index (Phi) is 11.2. The molecule has 1 aliphatic rings. The average molecular weight is 572 g/mol. The van der Waals surface area contributed by atoms with Gasteiger partial charge in [-0.1, -0.05) is 12.1 Å². The van der Waals surface area contributed by atoms with Gasteiger partial charge in [0.05, 0.1) is 20.3 Å². The van der Waals surface area contributed by atoms with Crippen LogP contribution in [0.3, 0.4) is 0 Å². The number of ether oxygens (including phenoxy) is 3. The van der Waals surface area contributed by atoms with Crippen molar-refractivity contribution in [1.29, 1.82) is 0 Å². The molecule has 33 heavy (non-hydrogen) atoms. The highest BCUT2D eigenvalue weighted by molar-refractivity contribution is 14.0. The number of guanidine groups is 1. The molecule has 3 rings (SSSR count). The van der Waals surface area contributed by atoms with E-state index < -0.39 is 0 Å². The van der Waals surface area contributed by atoms with E-state index >= 15 is 0 Å². The van der Waals surface area contributed by atoms with Crippen LogP contribution in [0.15, 0.2) is 47.5 Å².